The Kier molecular flexibility index (Phi) is 9.68. The Labute approximate surface area is 237 Å². The number of hydrogen-bond acceptors (Lipinski definition) is 11. The predicted molar refractivity (Wildman–Crippen MR) is 141 cm³/mol. The molecule has 0 radical (unpaired) electrons. The number of piperazine rings is 1. The third kappa shape index (κ3) is 7.29. The normalized spacial score (nSPS) is 13.7. The van der Waals surface area contributed by atoms with Gasteiger partial charge < -0.3 is 30.1 Å². The average Bonchev–Trinajstić information content (AvgIpc) is 3.49. The highest BCUT2D eigenvalue weighted by Gasteiger charge is 2.38. The topological polar surface area (TPSA) is 197 Å². The van der Waals surface area contributed by atoms with Gasteiger partial charge in [0.25, 0.3) is 11.6 Å². The van der Waals surface area contributed by atoms with Gasteiger partial charge in [0.05, 0.1) is 16.9 Å². The van der Waals surface area contributed by atoms with Crippen molar-refractivity contribution < 1.29 is 52.2 Å². The second-order valence-electron chi connectivity index (χ2n) is 8.60. The van der Waals surface area contributed by atoms with Crippen LogP contribution in [0.1, 0.15) is 27.0 Å². The summed E-state index contributed by atoms with van der Waals surface area (Å²) < 4.78 is 37.5. The first-order chi connectivity index (χ1) is 19.6. The molecule has 0 spiro atoms. The summed E-state index contributed by atoms with van der Waals surface area (Å²) in [4.78, 5) is 61.1. The van der Waals surface area contributed by atoms with Crippen LogP contribution in [0.3, 0.4) is 0 Å². The number of thiophene rings is 1. The lowest BCUT2D eigenvalue weighted by Gasteiger charge is -2.34. The molecule has 3 aromatic rings. The van der Waals surface area contributed by atoms with E-state index in [1.165, 1.54) is 18.2 Å². The van der Waals surface area contributed by atoms with Crippen molar-refractivity contribution in [2.75, 3.05) is 50.1 Å². The molecule has 3 N–H and O–H groups in total. The number of likely N-dealkylation sites (N-methyl/N-ethyl adjacent to an activating group) is 1. The van der Waals surface area contributed by atoms with Gasteiger partial charge in [-0.15, -0.1) is 16.4 Å². The van der Waals surface area contributed by atoms with Gasteiger partial charge in [-0.05, 0) is 32.2 Å². The predicted octanol–water partition coefficient (Wildman–Crippen LogP) is 3.35. The van der Waals surface area contributed by atoms with Gasteiger partial charge in [0.15, 0.2) is 5.82 Å². The van der Waals surface area contributed by atoms with Gasteiger partial charge in [-0.25, -0.2) is 14.4 Å². The number of aromatic carboxylic acids is 1. The highest BCUT2D eigenvalue weighted by Crippen LogP contribution is 2.33. The van der Waals surface area contributed by atoms with Gasteiger partial charge in [0, 0.05) is 37.9 Å². The summed E-state index contributed by atoms with van der Waals surface area (Å²) in [6, 6.07) is 5.65. The number of aliphatic carboxylic acids is 1. The Morgan fingerprint density at radius 3 is 2.29 bits per heavy atom. The Hall–Kier alpha value is -4.78. The van der Waals surface area contributed by atoms with Crippen LogP contribution in [-0.4, -0.2) is 99.8 Å². The Morgan fingerprint density at radius 1 is 1.14 bits per heavy atom. The van der Waals surface area contributed by atoms with Crippen LogP contribution in [0, 0.1) is 10.1 Å². The van der Waals surface area contributed by atoms with Gasteiger partial charge in [-0.2, -0.15) is 17.9 Å². The largest absolute Gasteiger partial charge is 0.490 e. The number of carboxylic acid groups (broad SMARTS) is 2. The van der Waals surface area contributed by atoms with Gasteiger partial charge in [0.1, 0.15) is 15.3 Å². The fourth-order valence-corrected chi connectivity index (χ4v) is 4.65. The van der Waals surface area contributed by atoms with Crippen LogP contribution >= 0.6 is 11.3 Å². The third-order valence-electron chi connectivity index (χ3n) is 5.78. The number of amides is 1. The molecule has 1 saturated heterocycles. The molecule has 2 aromatic heterocycles. The quantitative estimate of drug-likeness (QED) is 0.270. The van der Waals surface area contributed by atoms with Gasteiger partial charge >= 0.3 is 24.2 Å². The number of hydrogen-bond donors (Lipinski definition) is 3. The summed E-state index contributed by atoms with van der Waals surface area (Å²) in [6.45, 7) is 4.69. The van der Waals surface area contributed by atoms with E-state index in [0.717, 1.165) is 29.1 Å². The van der Waals surface area contributed by atoms with Crippen LogP contribution in [0.4, 0.5) is 35.2 Å². The zero-order chi connectivity index (χ0) is 31.4. The lowest BCUT2D eigenvalue weighted by Crippen LogP contribution is -2.44. The van der Waals surface area contributed by atoms with E-state index < -0.39 is 35.0 Å². The van der Waals surface area contributed by atoms with Crippen molar-refractivity contribution in [1.82, 2.24) is 14.7 Å². The number of fused-ring (bicyclic) bond motifs is 1. The van der Waals surface area contributed by atoms with Crippen LogP contribution < -0.4 is 10.2 Å². The van der Waals surface area contributed by atoms with Crippen molar-refractivity contribution in [2.24, 2.45) is 0 Å². The second-order valence-corrected chi connectivity index (χ2v) is 9.63. The van der Waals surface area contributed by atoms with Crippen LogP contribution in [0.25, 0.3) is 10.2 Å². The molecule has 1 aliphatic heterocycles. The number of carbonyl (C=O) groups excluding carboxylic acids is 2. The molecule has 226 valence electrons. The molecule has 0 aliphatic carbocycles. The SMILES string of the molecule is CCOC(=O)n1nc(NC(=O)c2ccc(N3CCN(C)CC3)cc2[N+](=O)[O-])c2cc(C(=O)O)sc21.O=C(O)C(F)(F)F. The lowest BCUT2D eigenvalue weighted by atomic mass is 10.1. The molecule has 1 aromatic carbocycles. The Bertz CT molecular complexity index is 1530. The highest BCUT2D eigenvalue weighted by molar-refractivity contribution is 7.20. The number of carboxylic acids is 2. The highest BCUT2D eigenvalue weighted by atomic mass is 32.1. The summed E-state index contributed by atoms with van der Waals surface area (Å²) >= 11 is 0.787. The number of benzene rings is 1. The zero-order valence-electron chi connectivity index (χ0n) is 21.9. The lowest BCUT2D eigenvalue weighted by molar-refractivity contribution is -0.385. The van der Waals surface area contributed by atoms with Crippen LogP contribution in [0.2, 0.25) is 0 Å². The van der Waals surface area contributed by atoms with Crippen LogP contribution in [0.15, 0.2) is 24.3 Å². The number of rotatable bonds is 6. The Morgan fingerprint density at radius 2 is 1.76 bits per heavy atom. The van der Waals surface area contributed by atoms with E-state index in [0.29, 0.717) is 18.8 Å². The maximum absolute atomic E-state index is 13.0. The first kappa shape index (κ1) is 31.7. The standard InChI is InChI=1S/C21H22N6O7S.C2HF3O2/c1-3-34-21(31)26-19-14(11-16(35-19)20(29)30)17(23-26)22-18(28)13-5-4-12(10-15(13)27(32)33)25-8-6-24(2)7-9-25;3-2(4,5)1(6)7/h4-5,10-11H,3,6-9H2,1-2H3,(H,29,30)(H,22,23,28);(H,6,7). The number of anilines is 2. The molecular formula is C23H23F3N6O9S. The maximum atomic E-state index is 13.0. The van der Waals surface area contributed by atoms with Crippen molar-refractivity contribution in [3.05, 3.63) is 44.8 Å². The fraction of sp³-hybridized carbons (Fsp3) is 0.348. The number of nitro benzene ring substituents is 1. The van der Waals surface area contributed by atoms with Crippen LogP contribution in [-0.2, 0) is 9.53 Å². The fourth-order valence-electron chi connectivity index (χ4n) is 3.71. The zero-order valence-corrected chi connectivity index (χ0v) is 22.7. The minimum absolute atomic E-state index is 0.0604. The monoisotopic (exact) mass is 616 g/mol. The first-order valence-electron chi connectivity index (χ1n) is 11.9. The smallest absolute Gasteiger partial charge is 0.477 e. The molecular weight excluding hydrogens is 593 g/mol. The molecule has 19 heteroatoms. The Balaban J connectivity index is 0.000000616. The number of aromatic nitrogens is 2. The number of alkyl halides is 3. The minimum atomic E-state index is -5.08. The van der Waals surface area contributed by atoms with Crippen molar-refractivity contribution in [1.29, 1.82) is 0 Å². The molecule has 15 nitrogen and oxygen atoms in total. The first-order valence-corrected chi connectivity index (χ1v) is 12.7. The number of nitro groups is 1. The second kappa shape index (κ2) is 12.8. The summed E-state index contributed by atoms with van der Waals surface area (Å²) in [5.74, 6) is -4.90. The number of carbonyl (C=O) groups is 4. The molecule has 1 fully saturated rings. The number of nitrogens with zero attached hydrogens (tertiary/aromatic N) is 5. The van der Waals surface area contributed by atoms with Gasteiger partial charge in [-0.1, -0.05) is 0 Å². The molecule has 0 saturated carbocycles. The summed E-state index contributed by atoms with van der Waals surface area (Å²) in [5, 5.41) is 35.0. The van der Waals surface area contributed by atoms with Gasteiger partial charge in [0.2, 0.25) is 0 Å². The van der Waals surface area contributed by atoms with Crippen molar-refractivity contribution in [3.63, 3.8) is 0 Å². The summed E-state index contributed by atoms with van der Waals surface area (Å²) in [5.41, 5.74) is 0.0659. The molecule has 1 amide bonds. The third-order valence-corrected chi connectivity index (χ3v) is 6.88. The number of nitrogens with one attached hydrogen (secondary N) is 1. The molecule has 42 heavy (non-hydrogen) atoms. The van der Waals surface area contributed by atoms with E-state index in [2.05, 4.69) is 15.3 Å². The van der Waals surface area contributed by atoms with Gasteiger partial charge in [-0.3, -0.25) is 14.9 Å². The minimum Gasteiger partial charge on any atom is -0.477 e. The van der Waals surface area contributed by atoms with E-state index in [9.17, 15) is 42.8 Å². The summed E-state index contributed by atoms with van der Waals surface area (Å²) in [6.07, 6.45) is -5.93. The molecule has 0 atom stereocenters. The maximum Gasteiger partial charge on any atom is 0.490 e. The van der Waals surface area contributed by atoms with Crippen molar-refractivity contribution in [3.8, 4) is 0 Å². The molecule has 0 bridgehead atoms. The molecule has 3 heterocycles. The van der Waals surface area contributed by atoms with E-state index in [4.69, 9.17) is 14.6 Å². The molecule has 4 rings (SSSR count). The average molecular weight is 617 g/mol. The van der Waals surface area contributed by atoms with E-state index in [1.54, 1.807) is 13.0 Å². The van der Waals surface area contributed by atoms with Crippen molar-refractivity contribution in [2.45, 2.75) is 13.1 Å². The summed E-state index contributed by atoms with van der Waals surface area (Å²) in [7, 11) is 2.00. The molecule has 0 unspecified atom stereocenters. The van der Waals surface area contributed by atoms with Crippen molar-refractivity contribution >= 4 is 62.7 Å². The van der Waals surface area contributed by atoms with E-state index >= 15 is 0 Å². The number of halogens is 3. The van der Waals surface area contributed by atoms with E-state index in [1.807, 2.05) is 11.9 Å². The van der Waals surface area contributed by atoms with E-state index in [-0.39, 0.29) is 38.8 Å². The number of ether oxygens (including phenoxy) is 1. The molecule has 1 aliphatic rings. The van der Waals surface area contributed by atoms with Crippen LogP contribution in [0.5, 0.6) is 0 Å².